The summed E-state index contributed by atoms with van der Waals surface area (Å²) in [6.45, 7) is 1.24. The fourth-order valence-corrected chi connectivity index (χ4v) is 5.61. The topological polar surface area (TPSA) is 102 Å². The van der Waals surface area contributed by atoms with Crippen LogP contribution in [-0.2, 0) is 16.6 Å². The second-order valence-electron chi connectivity index (χ2n) is 8.54. The van der Waals surface area contributed by atoms with E-state index >= 15 is 0 Å². The monoisotopic (exact) mass is 374 g/mol. The molecule has 1 aromatic rings. The maximum atomic E-state index is 12.3. The van der Waals surface area contributed by atoms with Crippen LogP contribution >= 0.6 is 0 Å². The number of hydrogen-bond donors (Lipinski definition) is 2. The molecule has 0 saturated heterocycles. The third kappa shape index (κ3) is 3.57. The highest BCUT2D eigenvalue weighted by Gasteiger charge is 2.51. The van der Waals surface area contributed by atoms with Crippen LogP contribution in [0.5, 0.6) is 0 Å². The number of esters is 1. The molecule has 4 aliphatic rings. The van der Waals surface area contributed by atoms with Gasteiger partial charge < -0.3 is 10.1 Å². The van der Waals surface area contributed by atoms with Gasteiger partial charge in [0.2, 0.25) is 0 Å². The summed E-state index contributed by atoms with van der Waals surface area (Å²) in [7, 11) is 1.72. The molecule has 1 heterocycles. The van der Waals surface area contributed by atoms with Gasteiger partial charge >= 0.3 is 12.0 Å². The van der Waals surface area contributed by atoms with Crippen LogP contribution in [0.1, 0.15) is 54.6 Å². The first-order chi connectivity index (χ1) is 12.8. The molecule has 0 aliphatic heterocycles. The van der Waals surface area contributed by atoms with Crippen molar-refractivity contribution >= 4 is 17.9 Å². The Morgan fingerprint density at radius 1 is 1.19 bits per heavy atom. The van der Waals surface area contributed by atoms with Crippen molar-refractivity contribution in [1.82, 2.24) is 20.4 Å². The van der Waals surface area contributed by atoms with Gasteiger partial charge in [-0.2, -0.15) is 5.10 Å². The number of amides is 3. The van der Waals surface area contributed by atoms with Gasteiger partial charge in [0, 0.05) is 18.3 Å². The lowest BCUT2D eigenvalue weighted by Gasteiger charge is -2.56. The summed E-state index contributed by atoms with van der Waals surface area (Å²) in [4.78, 5) is 36.3. The number of imide groups is 1. The first-order valence-electron chi connectivity index (χ1n) is 9.61. The summed E-state index contributed by atoms with van der Waals surface area (Å²) in [6.07, 6.45) is 8.28. The van der Waals surface area contributed by atoms with Gasteiger partial charge in [-0.05, 0) is 63.2 Å². The second kappa shape index (κ2) is 6.65. The number of carbonyl (C=O) groups is 3. The average Bonchev–Trinajstić information content (AvgIpc) is 2.90. The van der Waals surface area contributed by atoms with E-state index in [1.807, 2.05) is 0 Å². The quantitative estimate of drug-likeness (QED) is 0.781. The molecule has 0 unspecified atom stereocenters. The Morgan fingerprint density at radius 3 is 2.30 bits per heavy atom. The van der Waals surface area contributed by atoms with Gasteiger partial charge in [0.1, 0.15) is 5.56 Å². The zero-order valence-corrected chi connectivity index (χ0v) is 15.8. The minimum Gasteiger partial charge on any atom is -0.452 e. The predicted octanol–water partition coefficient (Wildman–Crippen LogP) is 1.68. The van der Waals surface area contributed by atoms with E-state index in [9.17, 15) is 14.4 Å². The van der Waals surface area contributed by atoms with E-state index in [4.69, 9.17) is 4.74 Å². The van der Waals surface area contributed by atoms with Crippen LogP contribution in [0.4, 0.5) is 4.79 Å². The van der Waals surface area contributed by atoms with Crippen LogP contribution in [-0.4, -0.2) is 39.8 Å². The summed E-state index contributed by atoms with van der Waals surface area (Å²) in [5.74, 6) is 0.854. The van der Waals surface area contributed by atoms with Gasteiger partial charge in [-0.1, -0.05) is 0 Å². The fraction of sp³-hybridized carbons (Fsp3) is 0.684. The highest BCUT2D eigenvalue weighted by molar-refractivity contribution is 5.97. The molecule has 5 rings (SSSR count). The lowest BCUT2D eigenvalue weighted by Crippen LogP contribution is -2.62. The van der Waals surface area contributed by atoms with Crippen LogP contribution in [0.3, 0.4) is 0 Å². The Kier molecular flexibility index (Phi) is 4.44. The largest absolute Gasteiger partial charge is 0.452 e. The molecule has 8 nitrogen and oxygen atoms in total. The molecule has 0 atom stereocenters. The molecule has 4 fully saturated rings. The molecular formula is C19H26N4O4. The minimum absolute atomic E-state index is 0.164. The molecule has 3 amide bonds. The number of rotatable bonds is 4. The third-order valence-corrected chi connectivity index (χ3v) is 6.46. The zero-order chi connectivity index (χ0) is 19.2. The number of aryl methyl sites for hydroxylation is 1. The van der Waals surface area contributed by atoms with Crippen molar-refractivity contribution in [2.24, 2.45) is 24.8 Å². The van der Waals surface area contributed by atoms with E-state index < -0.39 is 24.5 Å². The Morgan fingerprint density at radius 2 is 1.78 bits per heavy atom. The van der Waals surface area contributed by atoms with Gasteiger partial charge in [-0.3, -0.25) is 14.8 Å². The molecule has 0 spiro atoms. The molecular weight excluding hydrogens is 348 g/mol. The van der Waals surface area contributed by atoms with Gasteiger partial charge in [0.15, 0.2) is 6.61 Å². The summed E-state index contributed by atoms with van der Waals surface area (Å²) >= 11 is 0. The normalized spacial score (nSPS) is 30.8. The van der Waals surface area contributed by atoms with Crippen molar-refractivity contribution in [3.63, 3.8) is 0 Å². The fourth-order valence-electron chi connectivity index (χ4n) is 5.61. The molecule has 2 N–H and O–H groups in total. The highest BCUT2D eigenvalue weighted by atomic mass is 16.5. The molecule has 4 bridgehead atoms. The molecule has 0 radical (unpaired) electrons. The van der Waals surface area contributed by atoms with E-state index in [1.54, 1.807) is 18.7 Å². The Balaban J connectivity index is 1.27. The number of nitrogens with one attached hydrogen (secondary N) is 2. The second-order valence-corrected chi connectivity index (χ2v) is 8.54. The lowest BCUT2D eigenvalue weighted by molar-refractivity contribution is -0.123. The molecule has 1 aromatic heterocycles. The first kappa shape index (κ1) is 18.0. The number of aromatic nitrogens is 2. The number of hydrogen-bond acceptors (Lipinski definition) is 5. The molecule has 27 heavy (non-hydrogen) atoms. The minimum atomic E-state index is -0.632. The van der Waals surface area contributed by atoms with Crippen LogP contribution in [0.25, 0.3) is 0 Å². The molecule has 146 valence electrons. The van der Waals surface area contributed by atoms with Crippen molar-refractivity contribution < 1.29 is 19.1 Å². The number of carbonyl (C=O) groups excluding carboxylic acids is 3. The van der Waals surface area contributed by atoms with E-state index in [2.05, 4.69) is 15.7 Å². The maximum Gasteiger partial charge on any atom is 0.342 e. The average molecular weight is 374 g/mol. The summed E-state index contributed by atoms with van der Waals surface area (Å²) in [5, 5.41) is 9.32. The highest BCUT2D eigenvalue weighted by Crippen LogP contribution is 2.55. The van der Waals surface area contributed by atoms with Crippen molar-refractivity contribution in [3.8, 4) is 0 Å². The van der Waals surface area contributed by atoms with Crippen molar-refractivity contribution in [2.45, 2.75) is 51.0 Å². The Bertz CT molecular complexity index is 749. The van der Waals surface area contributed by atoms with Crippen LogP contribution in [0, 0.1) is 24.7 Å². The summed E-state index contributed by atoms with van der Waals surface area (Å²) in [5.41, 5.74) is 0.797. The van der Waals surface area contributed by atoms with Crippen molar-refractivity contribution in [2.75, 3.05) is 6.61 Å². The SMILES string of the molecule is Cc1c(C(=O)OCC(=O)NC(=O)NC23CC4CC(CC(C4)C2)C3)cnn1C. The zero-order valence-electron chi connectivity index (χ0n) is 15.8. The van der Waals surface area contributed by atoms with Crippen molar-refractivity contribution in [3.05, 3.63) is 17.5 Å². The Hall–Kier alpha value is -2.38. The third-order valence-electron chi connectivity index (χ3n) is 6.46. The standard InChI is InChI=1S/C19H26N4O4/c1-11-15(9-20-23(11)2)17(25)27-10-16(24)21-18(26)22-19-6-12-3-13(7-19)5-14(4-12)8-19/h9,12-14H,3-8,10H2,1-2H3,(H2,21,22,24,26). The number of nitrogens with zero attached hydrogens (tertiary/aromatic N) is 2. The summed E-state index contributed by atoms with van der Waals surface area (Å²) < 4.78 is 6.55. The first-order valence-corrected chi connectivity index (χ1v) is 9.61. The maximum absolute atomic E-state index is 12.3. The number of urea groups is 1. The summed E-state index contributed by atoms with van der Waals surface area (Å²) in [6, 6.07) is -0.490. The molecule has 0 aromatic carbocycles. The van der Waals surface area contributed by atoms with E-state index in [1.165, 1.54) is 25.5 Å². The van der Waals surface area contributed by atoms with Gasteiger partial charge in [0.25, 0.3) is 5.91 Å². The number of ether oxygens (including phenoxy) is 1. The lowest BCUT2D eigenvalue weighted by atomic mass is 9.53. The Labute approximate surface area is 158 Å². The van der Waals surface area contributed by atoms with Gasteiger partial charge in [-0.25, -0.2) is 9.59 Å². The van der Waals surface area contributed by atoms with Crippen molar-refractivity contribution in [1.29, 1.82) is 0 Å². The van der Waals surface area contributed by atoms with E-state index in [-0.39, 0.29) is 5.54 Å². The van der Waals surface area contributed by atoms with Gasteiger partial charge in [0.05, 0.1) is 6.20 Å². The van der Waals surface area contributed by atoms with E-state index in [0.29, 0.717) is 29.0 Å². The smallest absolute Gasteiger partial charge is 0.342 e. The molecule has 4 saturated carbocycles. The van der Waals surface area contributed by atoms with Crippen LogP contribution in [0.2, 0.25) is 0 Å². The van der Waals surface area contributed by atoms with Crippen LogP contribution < -0.4 is 10.6 Å². The molecule has 8 heteroatoms. The van der Waals surface area contributed by atoms with Crippen LogP contribution in [0.15, 0.2) is 6.20 Å². The molecule has 4 aliphatic carbocycles. The van der Waals surface area contributed by atoms with Gasteiger partial charge in [-0.15, -0.1) is 0 Å². The predicted molar refractivity (Wildman–Crippen MR) is 95.8 cm³/mol. The van der Waals surface area contributed by atoms with E-state index in [0.717, 1.165) is 19.3 Å².